The van der Waals surface area contributed by atoms with E-state index in [4.69, 9.17) is 81.0 Å². The number of halogens is 4. The van der Waals surface area contributed by atoms with E-state index in [-0.39, 0.29) is 106 Å². The molecular formula is C54H81Cl4N5O15. The Balaban J connectivity index is 0.000000267. The first-order valence-electron chi connectivity index (χ1n) is 25.9. The molecule has 4 fully saturated rings. The highest BCUT2D eigenvalue weighted by atomic mass is 35.5. The van der Waals surface area contributed by atoms with Crippen LogP contribution >= 0.6 is 46.4 Å². The standard InChI is InChI=1S/C16H21Cl2NO4.C15H21Cl2NO3.C8H15NO3.C8H9NO3.C7H15NO2/c1-22-15-7-13(18)12(17)6-11(15)8-19-4-3-10(9-20)5-14(19)16(21)23-2;1-21-15-6-14(17)13(16)5-11(15)7-18-3-2-10(8-19)4-12(18)9-20;2*1-12-8(11)7-4-6(5-10)2-3-9-7;9-4-6-1-2-8-7(3-6)5-10/h6-7,10,14,20H,3-5,8-9H2,1-2H3;5-6,10,12,19-20H,2-4,7-9H2,1H3;6-7,9-10H,2-5H2,1H3;2-4,10H,5H2,1H3;6-10H,1-5H2. The number of likely N-dealkylation sites (tertiary alicyclic amines) is 2. The summed E-state index contributed by atoms with van der Waals surface area (Å²) in [5.74, 6) is 1.35. The molecule has 0 saturated carbocycles. The SMILES string of the molecule is COC(=O)C1CC(CO)CCN1.COC(=O)C1CC(CO)CCN1Cc1cc(Cl)c(Cl)cc1OC.COC(=O)c1cc(CO)ccn1.COc1cc(Cl)c(Cl)cc1CN1CCC(CO)CC1CO.OCC1CCNC(CO)C1. The van der Waals surface area contributed by atoms with Crippen LogP contribution in [0.25, 0.3) is 0 Å². The summed E-state index contributed by atoms with van der Waals surface area (Å²) in [6.07, 6.45) is 8.15. The summed E-state index contributed by atoms with van der Waals surface area (Å²) >= 11 is 24.2. The fraction of sp³-hybridized carbons (Fsp3) is 0.630. The van der Waals surface area contributed by atoms with Crippen LogP contribution in [0.15, 0.2) is 42.6 Å². The van der Waals surface area contributed by atoms with Gasteiger partial charge < -0.3 is 70.1 Å². The van der Waals surface area contributed by atoms with Crippen LogP contribution in [0.4, 0.5) is 0 Å². The third-order valence-corrected chi connectivity index (χ3v) is 15.5. The van der Waals surface area contributed by atoms with Gasteiger partial charge in [0.05, 0.1) is 75.5 Å². The maximum Gasteiger partial charge on any atom is 0.356 e. The summed E-state index contributed by atoms with van der Waals surface area (Å²) in [5, 5.41) is 71.5. The van der Waals surface area contributed by atoms with Gasteiger partial charge in [0.25, 0.3) is 0 Å². The number of carbonyl (C=O) groups is 3. The van der Waals surface area contributed by atoms with E-state index in [1.807, 2.05) is 11.0 Å². The molecule has 0 amide bonds. The van der Waals surface area contributed by atoms with Crippen molar-refractivity contribution in [1.29, 1.82) is 0 Å². The van der Waals surface area contributed by atoms with Gasteiger partial charge in [0.1, 0.15) is 29.3 Å². The number of rotatable bonds is 16. The number of aliphatic hydroxyl groups excluding tert-OH is 7. The van der Waals surface area contributed by atoms with Gasteiger partial charge in [-0.15, -0.1) is 0 Å². The Kier molecular flexibility index (Phi) is 32.8. The highest BCUT2D eigenvalue weighted by Crippen LogP contribution is 2.35. The van der Waals surface area contributed by atoms with E-state index >= 15 is 0 Å². The number of methoxy groups -OCH3 is 5. The van der Waals surface area contributed by atoms with Crippen molar-refractivity contribution in [3.8, 4) is 11.5 Å². The van der Waals surface area contributed by atoms with Crippen molar-refractivity contribution in [2.75, 3.05) is 101 Å². The number of benzene rings is 2. The lowest BCUT2D eigenvalue weighted by Gasteiger charge is -2.38. The Morgan fingerprint density at radius 2 is 1.08 bits per heavy atom. The van der Waals surface area contributed by atoms with Gasteiger partial charge >= 0.3 is 17.9 Å². The predicted octanol–water partition coefficient (Wildman–Crippen LogP) is 4.53. The minimum atomic E-state index is -0.495. The van der Waals surface area contributed by atoms with E-state index in [0.717, 1.165) is 69.3 Å². The van der Waals surface area contributed by atoms with Crippen molar-refractivity contribution in [3.63, 3.8) is 0 Å². The van der Waals surface area contributed by atoms with Gasteiger partial charge in [-0.2, -0.15) is 0 Å². The van der Waals surface area contributed by atoms with Gasteiger partial charge in [-0.25, -0.2) is 9.78 Å². The van der Waals surface area contributed by atoms with Gasteiger partial charge in [0.15, 0.2) is 0 Å². The molecule has 2 aromatic carbocycles. The number of nitrogens with zero attached hydrogens (tertiary/aromatic N) is 3. The number of piperidine rings is 4. The average molecular weight is 1180 g/mol. The van der Waals surface area contributed by atoms with Crippen molar-refractivity contribution in [2.45, 2.75) is 95.2 Å². The largest absolute Gasteiger partial charge is 0.496 e. The van der Waals surface area contributed by atoms with Crippen LogP contribution in [-0.2, 0) is 43.5 Å². The highest BCUT2D eigenvalue weighted by Gasteiger charge is 2.35. The monoisotopic (exact) mass is 1180 g/mol. The van der Waals surface area contributed by atoms with Gasteiger partial charge in [0, 0.05) is 81.1 Å². The molecule has 0 bridgehead atoms. The minimum absolute atomic E-state index is 0.0510. The van der Waals surface area contributed by atoms with Crippen LogP contribution in [0.5, 0.6) is 11.5 Å². The summed E-state index contributed by atoms with van der Waals surface area (Å²) in [5.41, 5.74) is 2.67. The first kappa shape index (κ1) is 68.6. The molecule has 9 N–H and O–H groups in total. The van der Waals surface area contributed by atoms with Crippen molar-refractivity contribution in [2.24, 2.45) is 23.7 Å². The molecule has 4 aliphatic rings. The Bertz CT molecular complexity index is 2250. The number of nitrogens with one attached hydrogen (secondary N) is 2. The quantitative estimate of drug-likeness (QED) is 0.0703. The van der Waals surface area contributed by atoms with E-state index in [0.29, 0.717) is 75.5 Å². The molecule has 4 saturated heterocycles. The number of hydrogen-bond acceptors (Lipinski definition) is 20. The van der Waals surface area contributed by atoms with Crippen LogP contribution < -0.4 is 20.1 Å². The molecule has 0 aliphatic carbocycles. The predicted molar refractivity (Wildman–Crippen MR) is 297 cm³/mol. The summed E-state index contributed by atoms with van der Waals surface area (Å²) < 4.78 is 24.7. The summed E-state index contributed by atoms with van der Waals surface area (Å²) in [6, 6.07) is 9.75. The van der Waals surface area contributed by atoms with Crippen LogP contribution in [0.3, 0.4) is 0 Å². The van der Waals surface area contributed by atoms with Gasteiger partial charge in [-0.05, 0) is 131 Å². The number of carbonyl (C=O) groups excluding carboxylic acids is 3. The minimum Gasteiger partial charge on any atom is -0.496 e. The van der Waals surface area contributed by atoms with Crippen molar-refractivity contribution >= 4 is 64.3 Å². The molecule has 24 heteroatoms. The van der Waals surface area contributed by atoms with Crippen LogP contribution in [-0.4, -0.2) is 194 Å². The molecular weight excluding hydrogens is 1100 g/mol. The molecule has 5 heterocycles. The van der Waals surface area contributed by atoms with Gasteiger partial charge in [-0.3, -0.25) is 19.4 Å². The van der Waals surface area contributed by atoms with E-state index in [9.17, 15) is 29.7 Å². The van der Waals surface area contributed by atoms with Gasteiger partial charge in [0.2, 0.25) is 0 Å². The molecule has 4 aliphatic heterocycles. The maximum atomic E-state index is 12.1. The third-order valence-electron chi connectivity index (χ3n) is 14.1. The zero-order valence-electron chi connectivity index (χ0n) is 45.3. The number of hydrogen-bond donors (Lipinski definition) is 9. The van der Waals surface area contributed by atoms with Gasteiger partial charge in [-0.1, -0.05) is 46.4 Å². The van der Waals surface area contributed by atoms with Crippen LogP contribution in [0.2, 0.25) is 20.1 Å². The molecule has 8 atom stereocenters. The van der Waals surface area contributed by atoms with E-state index in [2.05, 4.69) is 30.0 Å². The number of aliphatic hydroxyl groups is 7. The zero-order valence-corrected chi connectivity index (χ0v) is 48.3. The van der Waals surface area contributed by atoms with E-state index in [1.54, 1.807) is 38.5 Å². The van der Waals surface area contributed by atoms with Crippen molar-refractivity contribution in [1.82, 2.24) is 25.4 Å². The third kappa shape index (κ3) is 22.3. The lowest BCUT2D eigenvalue weighted by atomic mass is 9.91. The first-order chi connectivity index (χ1) is 37.5. The number of ether oxygens (including phenoxy) is 5. The topological polar surface area (TPSA) is 282 Å². The molecule has 7 rings (SSSR count). The summed E-state index contributed by atoms with van der Waals surface area (Å²) in [4.78, 5) is 42.1. The smallest absolute Gasteiger partial charge is 0.356 e. The summed E-state index contributed by atoms with van der Waals surface area (Å²) in [7, 11) is 7.22. The zero-order chi connectivity index (χ0) is 57.7. The normalized spacial score (nSPS) is 23.2. The molecule has 1 aromatic heterocycles. The molecule has 0 spiro atoms. The number of aromatic nitrogens is 1. The molecule has 8 unspecified atom stereocenters. The maximum absolute atomic E-state index is 12.1. The lowest BCUT2D eigenvalue weighted by Crippen LogP contribution is -2.47. The number of pyridine rings is 1. The molecule has 440 valence electrons. The Hall–Kier alpha value is -3.68. The second kappa shape index (κ2) is 37.4. The molecule has 78 heavy (non-hydrogen) atoms. The molecule has 0 radical (unpaired) electrons. The summed E-state index contributed by atoms with van der Waals surface area (Å²) in [6.45, 7) is 5.23. The first-order valence-corrected chi connectivity index (χ1v) is 27.4. The molecule has 3 aromatic rings. The Labute approximate surface area is 478 Å². The van der Waals surface area contributed by atoms with Crippen LogP contribution in [0.1, 0.15) is 78.5 Å². The van der Waals surface area contributed by atoms with Crippen LogP contribution in [0, 0.1) is 23.7 Å². The van der Waals surface area contributed by atoms with Crippen molar-refractivity contribution < 1.29 is 73.8 Å². The molecule has 20 nitrogen and oxygen atoms in total. The Morgan fingerprint density at radius 3 is 1.58 bits per heavy atom. The second-order valence-corrected chi connectivity index (χ2v) is 21.0. The lowest BCUT2D eigenvalue weighted by molar-refractivity contribution is -0.149. The fourth-order valence-corrected chi connectivity index (χ4v) is 10.1. The average Bonchev–Trinajstić information content (AvgIpc) is 3.48. The second-order valence-electron chi connectivity index (χ2n) is 19.3. The van der Waals surface area contributed by atoms with Crippen molar-refractivity contribution in [3.05, 3.63) is 85.1 Å². The van der Waals surface area contributed by atoms with E-state index in [1.165, 1.54) is 33.6 Å². The van der Waals surface area contributed by atoms with E-state index < -0.39 is 5.97 Å². The Morgan fingerprint density at radius 1 is 0.577 bits per heavy atom. The number of esters is 3. The fourth-order valence-electron chi connectivity index (χ4n) is 9.45. The highest BCUT2D eigenvalue weighted by molar-refractivity contribution is 6.42.